The van der Waals surface area contributed by atoms with Crippen LogP contribution in [0.25, 0.3) is 0 Å². The number of rotatable bonds is 11. The third kappa shape index (κ3) is 9.10. The fourth-order valence-corrected chi connectivity index (χ4v) is 15.4. The first-order valence-electron chi connectivity index (χ1n) is 26.1. The molecule has 3 heterocycles. The van der Waals surface area contributed by atoms with Gasteiger partial charge in [0.05, 0.1) is 43.0 Å². The van der Waals surface area contributed by atoms with Gasteiger partial charge in [0.2, 0.25) is 5.91 Å². The van der Waals surface area contributed by atoms with Crippen LogP contribution in [0.2, 0.25) is 0 Å². The highest BCUT2D eigenvalue weighted by atomic mass is 16.8. The largest absolute Gasteiger partial charge is 0.478 e. The fourth-order valence-electron chi connectivity index (χ4n) is 15.4. The molecule has 9 rings (SSSR count). The van der Waals surface area contributed by atoms with Crippen LogP contribution >= 0.6 is 0 Å². The summed E-state index contributed by atoms with van der Waals surface area (Å²) in [5.41, 5.74) is 0.404. The number of hydrogen-bond donors (Lipinski definition) is 11. The van der Waals surface area contributed by atoms with Gasteiger partial charge in [-0.15, -0.1) is 0 Å². The summed E-state index contributed by atoms with van der Waals surface area (Å²) in [6, 6.07) is 6.35. The Bertz CT molecular complexity index is 2160. The third-order valence-corrected chi connectivity index (χ3v) is 19.7. The summed E-state index contributed by atoms with van der Waals surface area (Å²) >= 11 is 0. The summed E-state index contributed by atoms with van der Waals surface area (Å²) in [6.45, 7) is 11.6. The molecule has 4 saturated carbocycles. The minimum atomic E-state index is -1.79. The predicted molar refractivity (Wildman–Crippen MR) is 254 cm³/mol. The molecule has 5 aliphatic carbocycles. The van der Waals surface area contributed by atoms with E-state index in [9.17, 15) is 60.7 Å². The first-order chi connectivity index (χ1) is 33.9. The van der Waals surface area contributed by atoms with Gasteiger partial charge in [-0.25, -0.2) is 4.79 Å². The highest BCUT2D eigenvalue weighted by Crippen LogP contribution is 2.72. The molecule has 19 nitrogen and oxygen atoms in total. The zero-order chi connectivity index (χ0) is 52.0. The minimum Gasteiger partial charge on any atom is -0.478 e. The van der Waals surface area contributed by atoms with Gasteiger partial charge in [-0.05, 0) is 135 Å². The van der Waals surface area contributed by atoms with Crippen LogP contribution in [-0.4, -0.2) is 175 Å². The summed E-state index contributed by atoms with van der Waals surface area (Å²) in [7, 11) is 0. The average Bonchev–Trinajstić information content (AvgIpc) is 3.34. The van der Waals surface area contributed by atoms with E-state index in [4.69, 9.17) is 28.4 Å². The molecule has 3 saturated heterocycles. The molecule has 1 aromatic carbocycles. The monoisotopic (exact) mass is 1020 g/mol. The molecule has 0 radical (unpaired) electrons. The highest BCUT2D eigenvalue weighted by molar-refractivity contribution is 5.97. The Morgan fingerprint density at radius 2 is 1.36 bits per heavy atom. The molecule has 1 unspecified atom stereocenters. The number of carboxylic acid groups (broad SMARTS) is 1. The lowest BCUT2D eigenvalue weighted by Crippen LogP contribution is -2.66. The van der Waals surface area contributed by atoms with Gasteiger partial charge in [0.25, 0.3) is 0 Å². The van der Waals surface area contributed by atoms with Crippen molar-refractivity contribution in [3.8, 4) is 0 Å². The standard InChI is InChI=1S/C53H79NO18/c1-25-36(57)39(60)41(62)45(68-25)72-43-38(59)32(70-46-42(63)40(61)37(58)31(22-55)69-46)23-67-47(43)71-35-15-17-51(5)33-12-11-28-29(50(33,4)16-14-34(51)52(35,6)24-56)13-18-53(20-19-49(2,3)21-30(28)53)48(66)54-27-9-7-26(8-10-27)44(64)65/h7-11,25,29-43,45-47,55-63H,12-24H2,1-6H3,(H,54,66)(H,64,65)/t25-,29?,30-,31+,32-,33-,34+,35-,36-,37+,38-,39+,40-,41+,42+,43+,45-,46-,47-,50-,51+,52-,53+/m0/s1. The van der Waals surface area contributed by atoms with E-state index in [-0.39, 0.29) is 64.6 Å². The number of aliphatic hydroxyl groups excluding tert-OH is 9. The molecular weight excluding hydrogens is 939 g/mol. The minimum absolute atomic E-state index is 0.00208. The lowest BCUT2D eigenvalue weighted by Gasteiger charge is -2.68. The first kappa shape index (κ1) is 54.1. The van der Waals surface area contributed by atoms with Crippen molar-refractivity contribution in [3.63, 3.8) is 0 Å². The number of ether oxygens (including phenoxy) is 6. The van der Waals surface area contributed by atoms with Crippen LogP contribution in [0, 0.1) is 50.7 Å². The van der Waals surface area contributed by atoms with Gasteiger partial charge in [0.1, 0.15) is 61.0 Å². The molecule has 0 bridgehead atoms. The maximum atomic E-state index is 14.6. The van der Waals surface area contributed by atoms with Crippen molar-refractivity contribution in [1.82, 2.24) is 0 Å². The molecule has 0 spiro atoms. The van der Waals surface area contributed by atoms with Crippen molar-refractivity contribution in [2.24, 2.45) is 50.7 Å². The molecule has 19 heteroatoms. The number of fused-ring (bicyclic) bond motifs is 7. The molecular formula is C53H79NO18. The van der Waals surface area contributed by atoms with Crippen LogP contribution < -0.4 is 5.32 Å². The molecule has 23 atom stereocenters. The van der Waals surface area contributed by atoms with Crippen LogP contribution in [0.3, 0.4) is 0 Å². The third-order valence-electron chi connectivity index (χ3n) is 19.7. The average molecular weight is 1020 g/mol. The molecule has 404 valence electrons. The molecule has 3 aliphatic heterocycles. The predicted octanol–water partition coefficient (Wildman–Crippen LogP) is 2.21. The molecule has 7 fully saturated rings. The Balaban J connectivity index is 0.955. The van der Waals surface area contributed by atoms with Crippen molar-refractivity contribution in [2.45, 2.75) is 198 Å². The number of carboxylic acids is 1. The molecule has 1 aromatic rings. The Morgan fingerprint density at radius 1 is 0.694 bits per heavy atom. The van der Waals surface area contributed by atoms with E-state index in [0.717, 1.165) is 57.8 Å². The highest BCUT2D eigenvalue weighted by Gasteiger charge is 2.67. The van der Waals surface area contributed by atoms with Crippen LogP contribution in [0.1, 0.15) is 116 Å². The van der Waals surface area contributed by atoms with Crippen molar-refractivity contribution in [3.05, 3.63) is 41.5 Å². The van der Waals surface area contributed by atoms with Crippen LogP contribution in [-0.2, 0) is 33.2 Å². The molecule has 8 aliphatic rings. The second-order valence-electron chi connectivity index (χ2n) is 24.3. The second-order valence-corrected chi connectivity index (χ2v) is 24.3. The van der Waals surface area contributed by atoms with Gasteiger partial charge in [-0.1, -0.05) is 46.3 Å². The number of amides is 1. The van der Waals surface area contributed by atoms with E-state index >= 15 is 0 Å². The van der Waals surface area contributed by atoms with E-state index in [2.05, 4.69) is 39.1 Å². The Labute approximate surface area is 420 Å². The zero-order valence-corrected chi connectivity index (χ0v) is 42.3. The van der Waals surface area contributed by atoms with E-state index in [1.54, 1.807) is 12.1 Å². The van der Waals surface area contributed by atoms with Crippen LogP contribution in [0.4, 0.5) is 5.69 Å². The fraction of sp³-hybridized carbons (Fsp3) is 0.811. The summed E-state index contributed by atoms with van der Waals surface area (Å²) in [4.78, 5) is 26.2. The lowest BCUT2D eigenvalue weighted by atomic mass is 9.37. The molecule has 1 amide bonds. The van der Waals surface area contributed by atoms with Crippen molar-refractivity contribution < 1.29 is 89.1 Å². The van der Waals surface area contributed by atoms with Crippen LogP contribution in [0.15, 0.2) is 35.9 Å². The Morgan fingerprint density at radius 3 is 2.03 bits per heavy atom. The summed E-state index contributed by atoms with van der Waals surface area (Å²) < 4.78 is 36.7. The first-order valence-corrected chi connectivity index (χ1v) is 26.1. The van der Waals surface area contributed by atoms with Gasteiger partial charge < -0.3 is 84.8 Å². The molecule has 0 aromatic heterocycles. The van der Waals surface area contributed by atoms with Crippen molar-refractivity contribution >= 4 is 17.6 Å². The van der Waals surface area contributed by atoms with Gasteiger partial charge in [-0.3, -0.25) is 4.79 Å². The van der Waals surface area contributed by atoms with E-state index in [0.29, 0.717) is 12.1 Å². The normalized spacial score (nSPS) is 49.0. The summed E-state index contributed by atoms with van der Waals surface area (Å²) in [6.07, 6.45) is -11.7. The van der Waals surface area contributed by atoms with Crippen molar-refractivity contribution in [2.75, 3.05) is 25.1 Å². The number of carbonyl (C=O) groups is 2. The SMILES string of the molecule is C[C@@H]1O[C@@H](O[C@H]2[C@H](O[C@H]3CC[C@@]4(C)[C@@H](CC[C@@]5(C)C6CC[C@@]7(C(=O)Nc8ccc(C(=O)O)cc8)CCC(C)(C)C[C@H]7C6=CC[C@H]45)[C@]3(C)CO)OC[C@H](O[C@@H]3O[C@H](CO)[C@@H](O)[C@H](O)[C@H]3O)[C@@H]2O)[C@H](O)[C@H](O)[C@H]1O. The van der Waals surface area contributed by atoms with E-state index in [1.807, 2.05) is 6.92 Å². The Hall–Kier alpha value is -2.70. The maximum absolute atomic E-state index is 14.6. The quantitative estimate of drug-likeness (QED) is 0.112. The number of anilines is 1. The second kappa shape index (κ2) is 20.0. The van der Waals surface area contributed by atoms with E-state index in [1.165, 1.54) is 24.6 Å². The van der Waals surface area contributed by atoms with Gasteiger partial charge >= 0.3 is 5.97 Å². The van der Waals surface area contributed by atoms with Gasteiger partial charge in [0.15, 0.2) is 18.9 Å². The number of aliphatic hydroxyl groups is 9. The van der Waals surface area contributed by atoms with Gasteiger partial charge in [0, 0.05) is 11.1 Å². The topological polar surface area (TPSA) is 304 Å². The molecule has 72 heavy (non-hydrogen) atoms. The number of benzene rings is 1. The lowest BCUT2D eigenvalue weighted by molar-refractivity contribution is -0.381. The maximum Gasteiger partial charge on any atom is 0.335 e. The van der Waals surface area contributed by atoms with E-state index < -0.39 is 116 Å². The Kier molecular flexibility index (Phi) is 15.0. The summed E-state index contributed by atoms with van der Waals surface area (Å²) in [5.74, 6) is -0.499. The number of aromatic carboxylic acids is 1. The smallest absolute Gasteiger partial charge is 0.335 e. The van der Waals surface area contributed by atoms with Gasteiger partial charge in [-0.2, -0.15) is 0 Å². The number of nitrogens with one attached hydrogen (secondary N) is 1. The molecule has 11 N–H and O–H groups in total. The van der Waals surface area contributed by atoms with Crippen molar-refractivity contribution in [1.29, 1.82) is 0 Å². The number of hydrogen-bond acceptors (Lipinski definition) is 17. The number of allylic oxidation sites excluding steroid dienone is 2. The zero-order valence-electron chi connectivity index (χ0n) is 42.3. The number of carbonyl (C=O) groups excluding carboxylic acids is 1. The summed E-state index contributed by atoms with van der Waals surface area (Å²) in [5, 5.41) is 110. The van der Waals surface area contributed by atoms with Crippen LogP contribution in [0.5, 0.6) is 0 Å².